The summed E-state index contributed by atoms with van der Waals surface area (Å²) in [5.74, 6) is 2.24. The number of aromatic nitrogens is 3. The lowest BCUT2D eigenvalue weighted by Gasteiger charge is -2.28. The Morgan fingerprint density at radius 1 is 1.09 bits per heavy atom. The predicted molar refractivity (Wildman–Crippen MR) is 168 cm³/mol. The molecule has 0 amide bonds. The molecular weight excluding hydrogens is 572 g/mol. The molecule has 0 bridgehead atoms. The monoisotopic (exact) mass is 610 g/mol. The van der Waals surface area contributed by atoms with Gasteiger partial charge in [0.05, 0.1) is 38.9 Å². The van der Waals surface area contributed by atoms with Crippen molar-refractivity contribution in [1.82, 2.24) is 15.0 Å². The highest BCUT2D eigenvalue weighted by atomic mass is 32.2. The minimum Gasteiger partial charge on any atom is -0.494 e. The molecule has 0 saturated carbocycles. The fraction of sp³-hybridized carbons (Fsp3) is 0.367. The Balaban J connectivity index is 0.000000782. The van der Waals surface area contributed by atoms with Gasteiger partial charge in [0.2, 0.25) is 0 Å². The van der Waals surface area contributed by atoms with Gasteiger partial charge in [0.15, 0.2) is 5.82 Å². The van der Waals surface area contributed by atoms with Crippen molar-refractivity contribution in [2.24, 2.45) is 5.10 Å². The summed E-state index contributed by atoms with van der Waals surface area (Å²) in [5.41, 5.74) is 6.26. The summed E-state index contributed by atoms with van der Waals surface area (Å²) in [6, 6.07) is 18.5. The molecular formula is C30H38N6O6S. The van der Waals surface area contributed by atoms with Gasteiger partial charge in [-0.25, -0.2) is 0 Å². The van der Waals surface area contributed by atoms with Gasteiger partial charge in [0.25, 0.3) is 10.1 Å². The topological polar surface area (TPSA) is 151 Å². The average Bonchev–Trinajstić information content (AvgIpc) is 3.40. The summed E-state index contributed by atoms with van der Waals surface area (Å²) in [4.78, 5) is 14.7. The Morgan fingerprint density at radius 3 is 2.67 bits per heavy atom. The Hall–Kier alpha value is -4.20. The van der Waals surface area contributed by atoms with E-state index in [-0.39, 0.29) is 0 Å². The van der Waals surface area contributed by atoms with E-state index in [1.54, 1.807) is 6.21 Å². The number of benzene rings is 2. The Kier molecular flexibility index (Phi) is 11.7. The van der Waals surface area contributed by atoms with E-state index in [1.165, 1.54) is 0 Å². The number of H-pyrrole nitrogens is 1. The molecule has 3 heterocycles. The van der Waals surface area contributed by atoms with Gasteiger partial charge in [0, 0.05) is 48.2 Å². The maximum atomic E-state index is 9.19. The molecule has 0 spiro atoms. The van der Waals surface area contributed by atoms with Crippen LogP contribution in [0.25, 0.3) is 10.9 Å². The lowest BCUT2D eigenvalue weighted by Crippen LogP contribution is -2.36. The molecule has 3 N–H and O–H groups in total. The van der Waals surface area contributed by atoms with Crippen LogP contribution in [-0.2, 0) is 21.3 Å². The van der Waals surface area contributed by atoms with Crippen LogP contribution in [0.4, 0.5) is 11.6 Å². The van der Waals surface area contributed by atoms with Crippen molar-refractivity contribution in [2.75, 3.05) is 56.1 Å². The summed E-state index contributed by atoms with van der Waals surface area (Å²) in [6.07, 6.45) is 7.32. The molecule has 1 fully saturated rings. The van der Waals surface area contributed by atoms with E-state index in [9.17, 15) is 8.42 Å². The number of ether oxygens (including phenoxy) is 3. The SMILES string of the molecule is CCCCOc1cccc(CCOc2nc(N/N=C/c3c[nH]c4ccccc34)cc(N3CCOCC3)n2)c1.CS(=O)(=O)O. The number of unbranched alkanes of at least 4 members (excludes halogenated alkanes) is 1. The Bertz CT molecular complexity index is 1580. The van der Waals surface area contributed by atoms with E-state index in [0.29, 0.717) is 37.9 Å². The molecule has 43 heavy (non-hydrogen) atoms. The van der Waals surface area contributed by atoms with Gasteiger partial charge >= 0.3 is 6.01 Å². The normalized spacial score (nSPS) is 13.5. The Morgan fingerprint density at radius 2 is 1.88 bits per heavy atom. The highest BCUT2D eigenvalue weighted by Crippen LogP contribution is 2.22. The third-order valence-electron chi connectivity index (χ3n) is 6.32. The quantitative estimate of drug-likeness (QED) is 0.0902. The van der Waals surface area contributed by atoms with Gasteiger partial charge < -0.3 is 24.1 Å². The first-order valence-corrected chi connectivity index (χ1v) is 16.0. The average molecular weight is 611 g/mol. The van der Waals surface area contributed by atoms with E-state index in [4.69, 9.17) is 18.8 Å². The van der Waals surface area contributed by atoms with Crippen LogP contribution in [0.5, 0.6) is 11.8 Å². The third-order valence-corrected chi connectivity index (χ3v) is 6.32. The molecule has 1 saturated heterocycles. The summed E-state index contributed by atoms with van der Waals surface area (Å²) < 4.78 is 43.2. The van der Waals surface area contributed by atoms with Crippen LogP contribution in [-0.4, -0.2) is 79.9 Å². The predicted octanol–water partition coefficient (Wildman–Crippen LogP) is 4.54. The second-order valence-electron chi connectivity index (χ2n) is 9.83. The van der Waals surface area contributed by atoms with Crippen LogP contribution in [0, 0.1) is 0 Å². The van der Waals surface area contributed by atoms with Gasteiger partial charge in [-0.05, 0) is 30.2 Å². The number of aromatic amines is 1. The highest BCUT2D eigenvalue weighted by molar-refractivity contribution is 7.85. The number of para-hydroxylation sites is 1. The molecule has 13 heteroatoms. The maximum Gasteiger partial charge on any atom is 0.320 e. The van der Waals surface area contributed by atoms with Crippen molar-refractivity contribution in [3.8, 4) is 11.8 Å². The van der Waals surface area contributed by atoms with E-state index < -0.39 is 10.1 Å². The molecule has 0 unspecified atom stereocenters. The smallest absolute Gasteiger partial charge is 0.320 e. The molecule has 4 aromatic rings. The van der Waals surface area contributed by atoms with Gasteiger partial charge in [-0.15, -0.1) is 0 Å². The highest BCUT2D eigenvalue weighted by Gasteiger charge is 2.16. The fourth-order valence-corrected chi connectivity index (χ4v) is 4.24. The number of anilines is 2. The van der Waals surface area contributed by atoms with Gasteiger partial charge in [-0.3, -0.25) is 9.98 Å². The van der Waals surface area contributed by atoms with Crippen LogP contribution < -0.4 is 19.8 Å². The van der Waals surface area contributed by atoms with Crippen LogP contribution in [0.3, 0.4) is 0 Å². The fourth-order valence-electron chi connectivity index (χ4n) is 4.24. The number of rotatable bonds is 12. The van der Waals surface area contributed by atoms with Crippen LogP contribution in [0.2, 0.25) is 0 Å². The molecule has 5 rings (SSSR count). The second-order valence-corrected chi connectivity index (χ2v) is 11.3. The van der Waals surface area contributed by atoms with Crippen molar-refractivity contribution < 1.29 is 27.2 Å². The first kappa shape index (κ1) is 31.7. The molecule has 1 aliphatic rings. The van der Waals surface area contributed by atoms with Crippen LogP contribution >= 0.6 is 0 Å². The number of nitrogens with one attached hydrogen (secondary N) is 2. The largest absolute Gasteiger partial charge is 0.494 e. The minimum atomic E-state index is -3.67. The van der Waals surface area contributed by atoms with Crippen molar-refractivity contribution in [3.63, 3.8) is 0 Å². The second kappa shape index (κ2) is 15.9. The number of hydrazone groups is 1. The maximum absolute atomic E-state index is 9.19. The van der Waals surface area contributed by atoms with Crippen molar-refractivity contribution in [2.45, 2.75) is 26.2 Å². The van der Waals surface area contributed by atoms with Crippen LogP contribution in [0.1, 0.15) is 30.9 Å². The first-order valence-electron chi connectivity index (χ1n) is 14.1. The standard InChI is InChI=1S/C29H34N6O3.CH4O3S/c1-2-3-14-37-24-8-6-7-22(18-24)11-15-38-29-32-27(19-28(33-29)35-12-16-36-17-13-35)34-31-21-23-20-30-26-10-5-4-9-25(23)26;1-5(2,3)4/h4-10,18-21,30H,2-3,11-17H2,1H3,(H,32,33,34);1H3,(H,2,3,4)/b31-21+;. The number of hydrogen-bond donors (Lipinski definition) is 3. The molecule has 0 aliphatic carbocycles. The molecule has 1 aliphatic heterocycles. The molecule has 12 nitrogen and oxygen atoms in total. The summed E-state index contributed by atoms with van der Waals surface area (Å²) >= 11 is 0. The van der Waals surface area contributed by atoms with Crippen molar-refractivity contribution in [3.05, 3.63) is 71.9 Å². The van der Waals surface area contributed by atoms with Gasteiger partial charge in [0.1, 0.15) is 11.6 Å². The summed E-state index contributed by atoms with van der Waals surface area (Å²) in [5, 5.41) is 5.54. The lowest BCUT2D eigenvalue weighted by molar-refractivity contribution is 0.122. The lowest BCUT2D eigenvalue weighted by atomic mass is 10.1. The zero-order valence-corrected chi connectivity index (χ0v) is 25.2. The van der Waals surface area contributed by atoms with E-state index in [0.717, 1.165) is 72.6 Å². The third kappa shape index (κ3) is 10.9. The number of fused-ring (bicyclic) bond motifs is 1. The molecule has 0 atom stereocenters. The first-order chi connectivity index (χ1) is 20.8. The molecule has 2 aromatic heterocycles. The summed E-state index contributed by atoms with van der Waals surface area (Å²) in [7, 11) is -3.67. The van der Waals surface area contributed by atoms with Crippen molar-refractivity contribution >= 4 is 38.9 Å². The molecule has 2 aromatic carbocycles. The number of hydrogen-bond acceptors (Lipinski definition) is 10. The number of morpholine rings is 1. The van der Waals surface area contributed by atoms with Gasteiger partial charge in [-0.1, -0.05) is 43.7 Å². The summed E-state index contributed by atoms with van der Waals surface area (Å²) in [6.45, 7) is 6.19. The minimum absolute atomic E-state index is 0.314. The van der Waals surface area contributed by atoms with E-state index in [1.807, 2.05) is 42.6 Å². The van der Waals surface area contributed by atoms with Crippen LogP contribution in [0.15, 0.2) is 65.9 Å². The molecule has 230 valence electrons. The zero-order chi connectivity index (χ0) is 30.5. The van der Waals surface area contributed by atoms with Crippen molar-refractivity contribution in [1.29, 1.82) is 0 Å². The van der Waals surface area contributed by atoms with E-state index >= 15 is 0 Å². The molecule has 0 radical (unpaired) electrons. The Labute approximate surface area is 251 Å². The van der Waals surface area contributed by atoms with E-state index in [2.05, 4.69) is 55.5 Å². The number of nitrogens with zero attached hydrogens (tertiary/aromatic N) is 4. The van der Waals surface area contributed by atoms with Gasteiger partial charge in [-0.2, -0.15) is 23.5 Å². The zero-order valence-electron chi connectivity index (χ0n) is 24.4.